The Balaban J connectivity index is -0.000000162. The molecule has 6 heteroatoms. The van der Waals surface area contributed by atoms with E-state index >= 15 is 0 Å². The van der Waals surface area contributed by atoms with Crippen molar-refractivity contribution >= 4 is 11.4 Å². The predicted molar refractivity (Wildman–Crippen MR) is 66.8 cm³/mol. The summed E-state index contributed by atoms with van der Waals surface area (Å²) in [6.07, 6.45) is 0. The molecule has 0 N–H and O–H groups in total. The van der Waals surface area contributed by atoms with Gasteiger partial charge in [-0.3, -0.25) is 4.21 Å². The third kappa shape index (κ3) is 65.8. The minimum absolute atomic E-state index is 1.07. The summed E-state index contributed by atoms with van der Waals surface area (Å²) in [6.45, 7) is 6.78. The van der Waals surface area contributed by atoms with Crippen molar-refractivity contribution in [2.24, 2.45) is 0 Å². The maximum atomic E-state index is 8.44. The van der Waals surface area contributed by atoms with Crippen LogP contribution in [0.2, 0.25) is 0 Å². The van der Waals surface area contributed by atoms with Gasteiger partial charge in [-0.25, -0.2) is 0 Å². The maximum Gasteiger partial charge on any atom is 0.0751 e. The Morgan fingerprint density at radius 3 is 0.875 bits per heavy atom. The molecule has 0 aliphatic heterocycles. The van der Waals surface area contributed by atoms with E-state index in [9.17, 15) is 0 Å². The second-order valence-corrected chi connectivity index (χ2v) is 5.83. The van der Waals surface area contributed by atoms with Crippen LogP contribution in [0.5, 0.6) is 0 Å². The van der Waals surface area contributed by atoms with Crippen LogP contribution in [0.25, 0.3) is 0 Å². The molecule has 0 aromatic rings. The highest BCUT2D eigenvalue weighted by Crippen LogP contribution is 1.84. The summed E-state index contributed by atoms with van der Waals surface area (Å²) in [5.74, 6) is 0. The van der Waals surface area contributed by atoms with Crippen LogP contribution in [0.1, 0.15) is 13.8 Å². The molecule has 0 bridgehead atoms. The van der Waals surface area contributed by atoms with Crippen LogP contribution in [-0.4, -0.2) is 77.7 Å². The van der Waals surface area contributed by atoms with Gasteiger partial charge in [0.2, 0.25) is 0 Å². The fourth-order valence-electron chi connectivity index (χ4n) is 0. The van der Waals surface area contributed by atoms with Crippen LogP contribution < -0.4 is 0 Å². The van der Waals surface area contributed by atoms with E-state index in [1.807, 2.05) is 0 Å². The van der Waals surface area contributed by atoms with Crippen molar-refractivity contribution in [3.8, 4) is 0 Å². The van der Waals surface area contributed by atoms with Crippen LogP contribution in [0.3, 0.4) is 0 Å². The first-order valence-electron chi connectivity index (χ1n) is 5.23. The highest BCUT2D eigenvalue weighted by molar-refractivity contribution is 7.72. The van der Waals surface area contributed by atoms with Gasteiger partial charge in [0.05, 0.1) is 55.4 Å². The van der Waals surface area contributed by atoms with Gasteiger partial charge in [0.1, 0.15) is 0 Å². The zero-order valence-electron chi connectivity index (χ0n) is 11.9. The smallest absolute Gasteiger partial charge is 0.0751 e. The number of nitrogens with zero attached hydrogens (tertiary/aromatic N) is 2. The van der Waals surface area contributed by atoms with Gasteiger partial charge in [0, 0.05) is 0 Å². The molecule has 0 unspecified atom stereocenters. The predicted octanol–water partition coefficient (Wildman–Crippen LogP) is 0.421. The highest BCUT2D eigenvalue weighted by Gasteiger charge is 1.98. The standard InChI is InChI=1S/2C5H14N.H2O3S/c2*1-5-6(2,3)4;1-4(2)3/h2*5H2,1-4H3;(H2,1,2,3)/q2*+1;/p-2. The zero-order valence-corrected chi connectivity index (χ0v) is 12.8. The molecule has 0 rings (SSSR count). The number of rotatable bonds is 2. The van der Waals surface area contributed by atoms with Crippen LogP contribution in [0.15, 0.2) is 0 Å². The van der Waals surface area contributed by atoms with Crippen molar-refractivity contribution in [2.45, 2.75) is 13.8 Å². The van der Waals surface area contributed by atoms with Crippen molar-refractivity contribution in [3.63, 3.8) is 0 Å². The topological polar surface area (TPSA) is 63.2 Å². The molecule has 0 radical (unpaired) electrons. The molecule has 0 saturated carbocycles. The second kappa shape index (κ2) is 10.2. The largest absolute Gasteiger partial charge is 0.784 e. The van der Waals surface area contributed by atoms with Gasteiger partial charge in [-0.1, -0.05) is 0 Å². The Kier molecular flexibility index (Phi) is 13.5. The quantitative estimate of drug-likeness (QED) is 0.531. The molecule has 102 valence electrons. The monoisotopic (exact) mass is 256 g/mol. The third-order valence-corrected chi connectivity index (χ3v) is 1.90. The molecule has 0 spiro atoms. The van der Waals surface area contributed by atoms with Crippen molar-refractivity contribution in [3.05, 3.63) is 0 Å². The van der Waals surface area contributed by atoms with Crippen molar-refractivity contribution in [2.75, 3.05) is 55.4 Å². The molecule has 16 heavy (non-hydrogen) atoms. The molecular weight excluding hydrogens is 228 g/mol. The molecule has 0 aliphatic rings. The molecule has 0 amide bonds. The third-order valence-electron chi connectivity index (χ3n) is 1.90. The van der Waals surface area contributed by atoms with E-state index in [0.717, 1.165) is 8.97 Å². The summed E-state index contributed by atoms with van der Waals surface area (Å²) in [5, 5.41) is 0. The molecule has 0 aliphatic carbocycles. The molecule has 0 aromatic heterocycles. The van der Waals surface area contributed by atoms with Gasteiger partial charge in [-0.15, -0.1) is 11.4 Å². The van der Waals surface area contributed by atoms with Crippen LogP contribution in [-0.2, 0) is 11.4 Å². The number of hydrogen-bond donors (Lipinski definition) is 0. The van der Waals surface area contributed by atoms with Crippen LogP contribution >= 0.6 is 0 Å². The second-order valence-electron chi connectivity index (χ2n) is 5.42. The summed E-state index contributed by atoms with van der Waals surface area (Å²) in [5.41, 5.74) is 0. The number of quaternary nitrogens is 2. The van der Waals surface area contributed by atoms with Crippen molar-refractivity contribution in [1.29, 1.82) is 0 Å². The lowest BCUT2D eigenvalue weighted by molar-refractivity contribution is -0.868. The van der Waals surface area contributed by atoms with Crippen molar-refractivity contribution in [1.82, 2.24) is 0 Å². The average molecular weight is 256 g/mol. The zero-order chi connectivity index (χ0) is 14.0. The summed E-state index contributed by atoms with van der Waals surface area (Å²) in [7, 11) is 13.1. The van der Waals surface area contributed by atoms with Gasteiger partial charge in [-0.05, 0) is 13.8 Å². The lowest BCUT2D eigenvalue weighted by atomic mass is 10.6. The molecule has 0 aromatic carbocycles. The summed E-state index contributed by atoms with van der Waals surface area (Å²) >= 11 is -3.11. The maximum absolute atomic E-state index is 8.44. The fraction of sp³-hybridized carbons (Fsp3) is 1.00. The highest BCUT2D eigenvalue weighted by atomic mass is 32.2. The van der Waals surface area contributed by atoms with Gasteiger partial charge in [-0.2, -0.15) is 0 Å². The Labute approximate surface area is 103 Å². The molecular formula is C10H28N2O3S. The first-order chi connectivity index (χ1) is 6.85. The Morgan fingerprint density at radius 2 is 0.875 bits per heavy atom. The minimum atomic E-state index is -3.11. The molecule has 0 atom stereocenters. The molecule has 5 nitrogen and oxygen atoms in total. The normalized spacial score (nSPS) is 11.2. The van der Waals surface area contributed by atoms with Gasteiger partial charge < -0.3 is 18.1 Å². The Hall–Kier alpha value is -0.0100. The van der Waals surface area contributed by atoms with Gasteiger partial charge >= 0.3 is 0 Å². The van der Waals surface area contributed by atoms with Crippen LogP contribution in [0.4, 0.5) is 0 Å². The van der Waals surface area contributed by atoms with E-state index in [4.69, 9.17) is 13.3 Å². The first kappa shape index (κ1) is 21.3. The van der Waals surface area contributed by atoms with E-state index in [0.29, 0.717) is 0 Å². The van der Waals surface area contributed by atoms with E-state index in [-0.39, 0.29) is 0 Å². The lowest BCUT2D eigenvalue weighted by Crippen LogP contribution is -2.33. The average Bonchev–Trinajstić information content (AvgIpc) is 2.02. The molecule has 0 heterocycles. The summed E-state index contributed by atoms with van der Waals surface area (Å²) in [6, 6.07) is 0. The summed E-state index contributed by atoms with van der Waals surface area (Å²) in [4.78, 5) is 0. The van der Waals surface area contributed by atoms with Gasteiger partial charge in [0.15, 0.2) is 0 Å². The van der Waals surface area contributed by atoms with Crippen molar-refractivity contribution < 1.29 is 22.3 Å². The molecule has 0 saturated heterocycles. The van der Waals surface area contributed by atoms with E-state index in [2.05, 4.69) is 56.1 Å². The molecule has 0 fully saturated rings. The van der Waals surface area contributed by atoms with E-state index < -0.39 is 11.4 Å². The lowest BCUT2D eigenvalue weighted by Gasteiger charge is -2.20. The first-order valence-corrected chi connectivity index (χ1v) is 6.23. The van der Waals surface area contributed by atoms with E-state index in [1.165, 1.54) is 13.1 Å². The number of hydrogen-bond acceptors (Lipinski definition) is 3. The Morgan fingerprint density at radius 1 is 0.812 bits per heavy atom. The fourth-order valence-corrected chi connectivity index (χ4v) is 0. The van der Waals surface area contributed by atoms with Crippen LogP contribution in [0, 0.1) is 0 Å². The Bertz CT molecular complexity index is 156. The summed E-state index contributed by atoms with van der Waals surface area (Å²) < 4.78 is 27.5. The van der Waals surface area contributed by atoms with Gasteiger partial charge in [0.25, 0.3) is 0 Å². The SMILES string of the molecule is CC[N+](C)(C)C.CC[N+](C)(C)C.O=S([O-])[O-]. The van der Waals surface area contributed by atoms with E-state index in [1.54, 1.807) is 0 Å². The minimum Gasteiger partial charge on any atom is -0.784 e.